The lowest BCUT2D eigenvalue weighted by atomic mass is 10.3. The molecule has 7 heteroatoms. The van der Waals surface area contributed by atoms with E-state index in [4.69, 9.17) is 11.6 Å². The lowest BCUT2D eigenvalue weighted by molar-refractivity contribution is 0.270. The summed E-state index contributed by atoms with van der Waals surface area (Å²) in [6.07, 6.45) is 1.48. The fraction of sp³-hybridized carbons (Fsp3) is 0.600. The molecule has 17 heavy (non-hydrogen) atoms. The first-order valence-electron chi connectivity index (χ1n) is 5.80. The number of hydrogen-bond donors (Lipinski definition) is 3. The van der Waals surface area contributed by atoms with Crippen molar-refractivity contribution in [2.75, 3.05) is 48.8 Å². The zero-order valence-corrected chi connectivity index (χ0v) is 10.1. The highest BCUT2D eigenvalue weighted by Crippen LogP contribution is 2.25. The second-order valence-corrected chi connectivity index (χ2v) is 4.03. The average Bonchev–Trinajstić information content (AvgIpc) is 2.39. The Bertz CT molecular complexity index is 373. The molecule has 94 valence electrons. The van der Waals surface area contributed by atoms with Crippen molar-refractivity contribution in [3.63, 3.8) is 0 Å². The number of nitrogen functional groups attached to an aromatic ring is 2. The van der Waals surface area contributed by atoms with Crippen LogP contribution >= 0.6 is 0 Å². The molecule has 1 aromatic heterocycles. The summed E-state index contributed by atoms with van der Waals surface area (Å²) < 4.78 is 0. The van der Waals surface area contributed by atoms with E-state index in [0.717, 1.165) is 38.5 Å². The molecule has 1 aromatic rings. The van der Waals surface area contributed by atoms with E-state index in [0.29, 0.717) is 11.5 Å². The Morgan fingerprint density at radius 3 is 2.59 bits per heavy atom. The zero-order valence-electron chi connectivity index (χ0n) is 10.1. The van der Waals surface area contributed by atoms with Crippen molar-refractivity contribution in [3.05, 3.63) is 6.33 Å². The Morgan fingerprint density at radius 1 is 1.29 bits per heavy atom. The van der Waals surface area contributed by atoms with Gasteiger partial charge in [-0.3, -0.25) is 0 Å². The fourth-order valence-electron chi connectivity index (χ4n) is 2.03. The normalized spacial score (nSPS) is 17.2. The molecular weight excluding hydrogens is 218 g/mol. The molecule has 1 aliphatic rings. The molecule has 0 radical (unpaired) electrons. The van der Waals surface area contributed by atoms with Crippen LogP contribution in [0.2, 0.25) is 0 Å². The van der Waals surface area contributed by atoms with Gasteiger partial charge in [-0.1, -0.05) is 6.92 Å². The first-order chi connectivity index (χ1) is 8.26. The molecule has 0 bridgehead atoms. The third kappa shape index (κ3) is 2.40. The maximum atomic E-state index is 5.97. The minimum Gasteiger partial charge on any atom is -0.393 e. The number of nitrogens with one attached hydrogen (secondary N) is 1. The van der Waals surface area contributed by atoms with E-state index >= 15 is 0 Å². The number of aromatic nitrogens is 2. The van der Waals surface area contributed by atoms with E-state index in [1.807, 2.05) is 0 Å². The fourth-order valence-corrected chi connectivity index (χ4v) is 2.03. The van der Waals surface area contributed by atoms with Gasteiger partial charge in [0.05, 0.1) is 0 Å². The molecule has 2 heterocycles. The average molecular weight is 237 g/mol. The van der Waals surface area contributed by atoms with E-state index in [9.17, 15) is 0 Å². The van der Waals surface area contributed by atoms with E-state index in [-0.39, 0.29) is 0 Å². The van der Waals surface area contributed by atoms with Gasteiger partial charge in [0.25, 0.3) is 0 Å². The summed E-state index contributed by atoms with van der Waals surface area (Å²) >= 11 is 0. The molecule has 0 unspecified atom stereocenters. The number of hydrazine groups is 1. The number of nitrogens with two attached hydrogens (primary N) is 2. The highest BCUT2D eigenvalue weighted by molar-refractivity contribution is 5.74. The Kier molecular flexibility index (Phi) is 3.60. The molecule has 1 saturated heterocycles. The summed E-state index contributed by atoms with van der Waals surface area (Å²) in [7, 11) is 0. The third-order valence-corrected chi connectivity index (χ3v) is 3.12. The summed E-state index contributed by atoms with van der Waals surface area (Å²) in [4.78, 5) is 12.8. The molecular formula is C10H19N7. The maximum Gasteiger partial charge on any atom is 0.168 e. The molecule has 0 spiro atoms. The second kappa shape index (κ2) is 5.15. The minimum absolute atomic E-state index is 0.480. The van der Waals surface area contributed by atoms with E-state index in [2.05, 4.69) is 32.1 Å². The van der Waals surface area contributed by atoms with Gasteiger partial charge in [0.15, 0.2) is 11.6 Å². The van der Waals surface area contributed by atoms with Crippen LogP contribution in [0.4, 0.5) is 17.3 Å². The van der Waals surface area contributed by atoms with Crippen LogP contribution in [-0.4, -0.2) is 47.6 Å². The largest absolute Gasteiger partial charge is 0.393 e. The third-order valence-electron chi connectivity index (χ3n) is 3.12. The van der Waals surface area contributed by atoms with Crippen molar-refractivity contribution in [3.8, 4) is 0 Å². The van der Waals surface area contributed by atoms with Gasteiger partial charge in [-0.05, 0) is 6.54 Å². The Morgan fingerprint density at radius 2 is 2.00 bits per heavy atom. The number of piperazine rings is 1. The first-order valence-corrected chi connectivity index (χ1v) is 5.80. The van der Waals surface area contributed by atoms with Gasteiger partial charge in [-0.25, -0.2) is 15.8 Å². The SMILES string of the molecule is CCN1CCN(c2ncnc(NN)c2N)CC1. The molecule has 1 aliphatic heterocycles. The van der Waals surface area contributed by atoms with E-state index in [1.54, 1.807) is 0 Å². The van der Waals surface area contributed by atoms with Crippen molar-refractivity contribution in [1.29, 1.82) is 0 Å². The van der Waals surface area contributed by atoms with Crippen molar-refractivity contribution in [1.82, 2.24) is 14.9 Å². The van der Waals surface area contributed by atoms with Gasteiger partial charge in [-0.15, -0.1) is 0 Å². The number of anilines is 3. The van der Waals surface area contributed by atoms with E-state index < -0.39 is 0 Å². The summed E-state index contributed by atoms with van der Waals surface area (Å²) in [6, 6.07) is 0. The highest BCUT2D eigenvalue weighted by atomic mass is 15.3. The van der Waals surface area contributed by atoms with Gasteiger partial charge in [0.1, 0.15) is 12.0 Å². The summed E-state index contributed by atoms with van der Waals surface area (Å²) in [5, 5.41) is 0. The molecule has 0 amide bonds. The molecule has 0 aromatic carbocycles. The highest BCUT2D eigenvalue weighted by Gasteiger charge is 2.19. The van der Waals surface area contributed by atoms with Crippen LogP contribution < -0.4 is 21.9 Å². The topological polar surface area (TPSA) is 96.3 Å². The smallest absolute Gasteiger partial charge is 0.168 e. The van der Waals surface area contributed by atoms with Crippen LogP contribution in [0.15, 0.2) is 6.33 Å². The zero-order chi connectivity index (χ0) is 12.3. The van der Waals surface area contributed by atoms with Gasteiger partial charge >= 0.3 is 0 Å². The predicted octanol–water partition coefficient (Wildman–Crippen LogP) is -0.514. The summed E-state index contributed by atoms with van der Waals surface area (Å²) in [5.41, 5.74) is 8.96. The van der Waals surface area contributed by atoms with E-state index in [1.165, 1.54) is 6.33 Å². The standard InChI is InChI=1S/C10H19N7/c1-2-16-3-5-17(6-4-16)10-8(11)9(15-12)13-7-14-10/h7H,2-6,11-12H2,1H3,(H,13,14,15). The molecule has 0 aliphatic carbocycles. The van der Waals surface area contributed by atoms with Gasteiger partial charge < -0.3 is 21.0 Å². The van der Waals surface area contributed by atoms with Gasteiger partial charge in [-0.2, -0.15) is 0 Å². The van der Waals surface area contributed by atoms with Crippen LogP contribution in [0.1, 0.15) is 6.92 Å². The molecule has 7 nitrogen and oxygen atoms in total. The van der Waals surface area contributed by atoms with Crippen LogP contribution in [-0.2, 0) is 0 Å². The number of likely N-dealkylation sites (N-methyl/N-ethyl adjacent to an activating group) is 1. The Labute approximate surface area is 101 Å². The van der Waals surface area contributed by atoms with Crippen molar-refractivity contribution in [2.45, 2.75) is 6.92 Å². The minimum atomic E-state index is 0.480. The Hall–Kier alpha value is -1.60. The number of hydrogen-bond acceptors (Lipinski definition) is 7. The molecule has 2 rings (SSSR count). The van der Waals surface area contributed by atoms with Gasteiger partial charge in [0.2, 0.25) is 0 Å². The predicted molar refractivity (Wildman–Crippen MR) is 68.6 cm³/mol. The quantitative estimate of drug-likeness (QED) is 0.481. The number of nitrogens with zero attached hydrogens (tertiary/aromatic N) is 4. The molecule has 0 atom stereocenters. The monoisotopic (exact) mass is 237 g/mol. The van der Waals surface area contributed by atoms with Crippen molar-refractivity contribution in [2.24, 2.45) is 5.84 Å². The molecule has 1 fully saturated rings. The molecule has 5 N–H and O–H groups in total. The second-order valence-electron chi connectivity index (χ2n) is 4.03. The summed E-state index contributed by atoms with van der Waals surface area (Å²) in [5.74, 6) is 6.59. The van der Waals surface area contributed by atoms with Crippen molar-refractivity contribution < 1.29 is 0 Å². The van der Waals surface area contributed by atoms with Crippen LogP contribution in [0.5, 0.6) is 0 Å². The summed E-state index contributed by atoms with van der Waals surface area (Å²) in [6.45, 7) is 7.18. The van der Waals surface area contributed by atoms with Crippen LogP contribution in [0.3, 0.4) is 0 Å². The lowest BCUT2D eigenvalue weighted by Crippen LogP contribution is -2.46. The van der Waals surface area contributed by atoms with Crippen molar-refractivity contribution >= 4 is 17.3 Å². The lowest BCUT2D eigenvalue weighted by Gasteiger charge is -2.35. The molecule has 0 saturated carbocycles. The van der Waals surface area contributed by atoms with Crippen LogP contribution in [0, 0.1) is 0 Å². The number of rotatable bonds is 3. The first kappa shape index (κ1) is 11.9. The Balaban J connectivity index is 2.13. The van der Waals surface area contributed by atoms with Crippen LogP contribution in [0.25, 0.3) is 0 Å². The van der Waals surface area contributed by atoms with Gasteiger partial charge in [0, 0.05) is 26.2 Å². The maximum absolute atomic E-state index is 5.97.